The minimum Gasteiger partial charge on any atom is -0.478 e. The number of carbonyl (C=O) groups is 2. The van der Waals surface area contributed by atoms with E-state index in [9.17, 15) is 14.7 Å². The highest BCUT2D eigenvalue weighted by Gasteiger charge is 2.23. The van der Waals surface area contributed by atoms with E-state index < -0.39 is 11.9 Å². The molecule has 0 atom stereocenters. The fourth-order valence-corrected chi connectivity index (χ4v) is 3.92. The number of carboxylic acids is 1. The van der Waals surface area contributed by atoms with Crippen LogP contribution in [0.15, 0.2) is 52.3 Å². The van der Waals surface area contributed by atoms with E-state index in [-0.39, 0.29) is 16.5 Å². The molecule has 4 aromatic rings. The first kappa shape index (κ1) is 18.5. The van der Waals surface area contributed by atoms with Crippen LogP contribution in [-0.4, -0.2) is 22.0 Å². The molecule has 0 radical (unpaired) electrons. The average Bonchev–Trinajstić information content (AvgIpc) is 3.28. The highest BCUT2D eigenvalue weighted by Crippen LogP contribution is 2.38. The van der Waals surface area contributed by atoms with Gasteiger partial charge in [0.25, 0.3) is 5.89 Å². The predicted molar refractivity (Wildman–Crippen MR) is 109 cm³/mol. The fraction of sp³-hybridized carbons (Fsp3) is 0. The van der Waals surface area contributed by atoms with Gasteiger partial charge in [-0.25, -0.2) is 9.78 Å². The number of halogens is 2. The Kier molecular flexibility index (Phi) is 4.80. The van der Waals surface area contributed by atoms with Gasteiger partial charge in [-0.2, -0.15) is 0 Å². The molecule has 0 aliphatic heterocycles. The number of hydrogen-bond donors (Lipinski definition) is 2. The lowest BCUT2D eigenvalue weighted by molar-refractivity contribution is 0.0699. The molecular weight excluding hydrogens is 423 g/mol. The molecule has 0 spiro atoms. The summed E-state index contributed by atoms with van der Waals surface area (Å²) in [5, 5.41) is 14.7. The number of aromatic carboxylic acids is 1. The van der Waals surface area contributed by atoms with E-state index in [4.69, 9.17) is 27.6 Å². The molecule has 0 aliphatic rings. The van der Waals surface area contributed by atoms with Crippen LogP contribution in [0.4, 0.5) is 5.00 Å². The summed E-state index contributed by atoms with van der Waals surface area (Å²) in [6.07, 6.45) is 0. The number of nitrogens with zero attached hydrogens (tertiary/aromatic N) is 1. The molecule has 0 bridgehead atoms. The molecule has 0 fully saturated rings. The topological polar surface area (TPSA) is 92.4 Å². The predicted octanol–water partition coefficient (Wildman–Crippen LogP) is 5.81. The average molecular weight is 433 g/mol. The van der Waals surface area contributed by atoms with Crippen molar-refractivity contribution in [1.82, 2.24) is 4.98 Å². The van der Waals surface area contributed by atoms with Gasteiger partial charge in [-0.05, 0) is 29.8 Å². The SMILES string of the molecule is O=C(Nc1scc(-c2ccc(Cl)c(Cl)c2)c1C(=O)O)c1nc2ccccc2o1. The van der Waals surface area contributed by atoms with Crippen molar-refractivity contribution in [3.63, 3.8) is 0 Å². The van der Waals surface area contributed by atoms with Gasteiger partial charge in [-0.15, -0.1) is 11.3 Å². The van der Waals surface area contributed by atoms with Crippen molar-refractivity contribution in [1.29, 1.82) is 0 Å². The Morgan fingerprint density at radius 2 is 1.89 bits per heavy atom. The van der Waals surface area contributed by atoms with Crippen LogP contribution in [0.5, 0.6) is 0 Å². The lowest BCUT2D eigenvalue weighted by atomic mass is 10.0. The zero-order valence-corrected chi connectivity index (χ0v) is 16.2. The first-order valence-corrected chi connectivity index (χ1v) is 9.54. The third-order valence-electron chi connectivity index (χ3n) is 3.95. The first-order valence-electron chi connectivity index (χ1n) is 7.91. The van der Waals surface area contributed by atoms with Gasteiger partial charge < -0.3 is 14.8 Å². The van der Waals surface area contributed by atoms with Gasteiger partial charge in [0.15, 0.2) is 5.58 Å². The third kappa shape index (κ3) is 3.35. The van der Waals surface area contributed by atoms with Gasteiger partial charge >= 0.3 is 11.9 Å². The fourth-order valence-electron chi connectivity index (χ4n) is 2.66. The summed E-state index contributed by atoms with van der Waals surface area (Å²) < 4.78 is 5.42. The molecule has 1 amide bonds. The molecule has 9 heteroatoms. The number of aromatic nitrogens is 1. The second-order valence-electron chi connectivity index (χ2n) is 5.73. The summed E-state index contributed by atoms with van der Waals surface area (Å²) in [7, 11) is 0. The van der Waals surface area contributed by atoms with Crippen LogP contribution < -0.4 is 5.32 Å². The van der Waals surface area contributed by atoms with Crippen LogP contribution in [0.1, 0.15) is 21.0 Å². The molecule has 2 aromatic heterocycles. The molecule has 2 N–H and O–H groups in total. The minimum absolute atomic E-state index is 0.0483. The summed E-state index contributed by atoms with van der Waals surface area (Å²) in [6.45, 7) is 0. The Morgan fingerprint density at radius 3 is 2.61 bits per heavy atom. The molecule has 28 heavy (non-hydrogen) atoms. The Bertz CT molecular complexity index is 1200. The van der Waals surface area contributed by atoms with E-state index in [2.05, 4.69) is 10.3 Å². The van der Waals surface area contributed by atoms with E-state index in [1.807, 2.05) is 0 Å². The largest absolute Gasteiger partial charge is 0.478 e. The number of nitrogens with one attached hydrogen (secondary N) is 1. The maximum Gasteiger partial charge on any atom is 0.339 e. The molecule has 4 rings (SSSR count). The summed E-state index contributed by atoms with van der Waals surface area (Å²) in [5.41, 5.74) is 1.95. The maximum absolute atomic E-state index is 12.5. The van der Waals surface area contributed by atoms with Crippen LogP contribution in [0.3, 0.4) is 0 Å². The van der Waals surface area contributed by atoms with Gasteiger partial charge in [0.05, 0.1) is 10.0 Å². The van der Waals surface area contributed by atoms with E-state index in [1.165, 1.54) is 0 Å². The minimum atomic E-state index is -1.19. The lowest BCUT2D eigenvalue weighted by Gasteiger charge is -2.05. The smallest absolute Gasteiger partial charge is 0.339 e. The van der Waals surface area contributed by atoms with E-state index in [0.717, 1.165) is 11.3 Å². The Labute approximate surface area is 172 Å². The number of amides is 1. The number of hydrogen-bond acceptors (Lipinski definition) is 5. The number of anilines is 1. The molecule has 6 nitrogen and oxygen atoms in total. The number of rotatable bonds is 4. The monoisotopic (exact) mass is 432 g/mol. The van der Waals surface area contributed by atoms with Crippen LogP contribution in [0, 0.1) is 0 Å². The molecular formula is C19H10Cl2N2O4S. The molecule has 2 heterocycles. The summed E-state index contributed by atoms with van der Waals surface area (Å²) in [6, 6.07) is 11.8. The number of para-hydroxylation sites is 2. The van der Waals surface area contributed by atoms with Crippen molar-refractivity contribution in [2.24, 2.45) is 0 Å². The Balaban J connectivity index is 1.69. The number of fused-ring (bicyclic) bond motifs is 1. The first-order chi connectivity index (χ1) is 13.4. The van der Waals surface area contributed by atoms with Crippen LogP contribution >= 0.6 is 34.5 Å². The van der Waals surface area contributed by atoms with E-state index in [0.29, 0.717) is 32.3 Å². The van der Waals surface area contributed by atoms with Crippen molar-refractivity contribution >= 4 is 62.5 Å². The van der Waals surface area contributed by atoms with Crippen molar-refractivity contribution in [3.8, 4) is 11.1 Å². The van der Waals surface area contributed by atoms with Gasteiger partial charge in [0, 0.05) is 10.9 Å². The number of thiophene rings is 1. The normalized spacial score (nSPS) is 10.9. The summed E-state index contributed by atoms with van der Waals surface area (Å²) >= 11 is 13.0. The second-order valence-corrected chi connectivity index (χ2v) is 7.42. The number of carbonyl (C=O) groups excluding carboxylic acids is 1. The Morgan fingerprint density at radius 1 is 1.11 bits per heavy atom. The molecule has 140 valence electrons. The van der Waals surface area contributed by atoms with Crippen LogP contribution in [0.2, 0.25) is 10.0 Å². The molecule has 0 aliphatic carbocycles. The standard InChI is InChI=1S/C19H10Cl2N2O4S/c20-11-6-5-9(7-12(11)21)10-8-28-18(15(10)19(25)26)23-16(24)17-22-13-3-1-2-4-14(13)27-17/h1-8H,(H,23,24)(H,25,26). The highest BCUT2D eigenvalue weighted by atomic mass is 35.5. The van der Waals surface area contributed by atoms with Gasteiger partial charge in [-0.1, -0.05) is 41.4 Å². The quantitative estimate of drug-likeness (QED) is 0.424. The highest BCUT2D eigenvalue weighted by molar-refractivity contribution is 7.15. The zero-order chi connectivity index (χ0) is 19.8. The van der Waals surface area contributed by atoms with Crippen LogP contribution in [0.25, 0.3) is 22.2 Å². The van der Waals surface area contributed by atoms with Crippen molar-refractivity contribution in [3.05, 3.63) is 69.3 Å². The number of oxazole rings is 1. The van der Waals surface area contributed by atoms with Crippen molar-refractivity contribution in [2.75, 3.05) is 5.32 Å². The van der Waals surface area contributed by atoms with Crippen molar-refractivity contribution in [2.45, 2.75) is 0 Å². The molecule has 0 unspecified atom stereocenters. The zero-order valence-electron chi connectivity index (χ0n) is 13.9. The second kappa shape index (κ2) is 7.27. The number of benzene rings is 2. The molecule has 0 saturated carbocycles. The third-order valence-corrected chi connectivity index (χ3v) is 5.59. The van der Waals surface area contributed by atoms with E-state index >= 15 is 0 Å². The van der Waals surface area contributed by atoms with Crippen LogP contribution in [-0.2, 0) is 0 Å². The summed E-state index contributed by atoms with van der Waals surface area (Å²) in [5.74, 6) is -1.97. The Hall–Kier alpha value is -2.87. The number of carboxylic acid groups (broad SMARTS) is 1. The van der Waals surface area contributed by atoms with Crippen molar-refractivity contribution < 1.29 is 19.1 Å². The van der Waals surface area contributed by atoms with Gasteiger partial charge in [0.1, 0.15) is 16.1 Å². The van der Waals surface area contributed by atoms with Gasteiger partial charge in [-0.3, -0.25) is 4.79 Å². The maximum atomic E-state index is 12.5. The molecule has 0 saturated heterocycles. The van der Waals surface area contributed by atoms with Gasteiger partial charge in [0.2, 0.25) is 0 Å². The summed E-state index contributed by atoms with van der Waals surface area (Å²) in [4.78, 5) is 28.5. The lowest BCUT2D eigenvalue weighted by Crippen LogP contribution is -2.13. The van der Waals surface area contributed by atoms with E-state index in [1.54, 1.807) is 47.8 Å². The molecule has 2 aromatic carbocycles.